The molecule has 3 nitrogen and oxygen atoms in total. The number of carbonyl (C=O) groups is 1. The third kappa shape index (κ3) is 1.70. The molecule has 2 aliphatic rings. The molecule has 74 valence electrons. The van der Waals surface area contributed by atoms with Gasteiger partial charge in [0.05, 0.1) is 12.0 Å². The minimum atomic E-state index is 0.142. The van der Waals surface area contributed by atoms with Gasteiger partial charge in [-0.3, -0.25) is 4.79 Å². The van der Waals surface area contributed by atoms with E-state index >= 15 is 0 Å². The van der Waals surface area contributed by atoms with Gasteiger partial charge >= 0.3 is 0 Å². The Kier molecular flexibility index (Phi) is 2.28. The van der Waals surface area contributed by atoms with E-state index in [1.54, 1.807) is 0 Å². The summed E-state index contributed by atoms with van der Waals surface area (Å²) in [7, 11) is 0. The fourth-order valence-corrected chi connectivity index (χ4v) is 2.20. The molecule has 2 rings (SSSR count). The van der Waals surface area contributed by atoms with E-state index in [0.29, 0.717) is 12.0 Å². The number of hydrogen-bond donors (Lipinski definition) is 1. The van der Waals surface area contributed by atoms with Crippen LogP contribution < -0.4 is 5.32 Å². The highest BCUT2D eigenvalue weighted by Crippen LogP contribution is 2.34. The van der Waals surface area contributed by atoms with Crippen molar-refractivity contribution in [1.29, 1.82) is 0 Å². The van der Waals surface area contributed by atoms with Gasteiger partial charge in [0.25, 0.3) is 0 Å². The van der Waals surface area contributed by atoms with Crippen LogP contribution in [0.2, 0.25) is 0 Å². The van der Waals surface area contributed by atoms with Crippen molar-refractivity contribution in [1.82, 2.24) is 5.32 Å². The van der Waals surface area contributed by atoms with Gasteiger partial charge in [0.2, 0.25) is 5.91 Å². The quantitative estimate of drug-likeness (QED) is 0.707. The lowest BCUT2D eigenvalue weighted by atomic mass is 10.1. The van der Waals surface area contributed by atoms with E-state index in [4.69, 9.17) is 4.74 Å². The molecule has 1 aliphatic carbocycles. The molecule has 13 heavy (non-hydrogen) atoms. The third-order valence-electron chi connectivity index (χ3n) is 2.83. The second-order valence-electron chi connectivity index (χ2n) is 4.55. The fourth-order valence-electron chi connectivity index (χ4n) is 2.20. The molecule has 1 saturated heterocycles. The van der Waals surface area contributed by atoms with E-state index < -0.39 is 0 Å². The number of carbonyl (C=O) groups excluding carboxylic acids is 1. The Bertz CT molecular complexity index is 215. The standard InChI is InChI=1S/C10H17NO2/c1-6(2)5-13-9-4-7-3-8(9)10(12)11-7/h6-9H,3-5H2,1-2H3,(H,11,12)/t7-,8+,9+/m0/s1. The Labute approximate surface area is 78.8 Å². The first-order valence-corrected chi connectivity index (χ1v) is 5.09. The smallest absolute Gasteiger partial charge is 0.226 e. The Balaban J connectivity index is 1.85. The molecular formula is C10H17NO2. The van der Waals surface area contributed by atoms with E-state index in [1.165, 1.54) is 0 Å². The molecule has 2 bridgehead atoms. The highest BCUT2D eigenvalue weighted by atomic mass is 16.5. The summed E-state index contributed by atoms with van der Waals surface area (Å²) in [5.41, 5.74) is 0. The molecule has 0 spiro atoms. The summed E-state index contributed by atoms with van der Waals surface area (Å²) in [6.07, 6.45) is 2.20. The van der Waals surface area contributed by atoms with Crippen molar-refractivity contribution >= 4 is 5.91 Å². The predicted octanol–water partition coefficient (Wildman–Crippen LogP) is 0.936. The molecule has 3 heteroatoms. The molecule has 1 saturated carbocycles. The molecular weight excluding hydrogens is 166 g/mol. The topological polar surface area (TPSA) is 38.3 Å². The van der Waals surface area contributed by atoms with Crippen molar-refractivity contribution in [3.8, 4) is 0 Å². The van der Waals surface area contributed by atoms with Crippen molar-refractivity contribution in [3.63, 3.8) is 0 Å². The molecule has 2 fully saturated rings. The minimum absolute atomic E-state index is 0.142. The largest absolute Gasteiger partial charge is 0.377 e. The lowest BCUT2D eigenvalue weighted by Gasteiger charge is -2.22. The molecule has 0 aromatic rings. The van der Waals surface area contributed by atoms with Crippen molar-refractivity contribution in [2.75, 3.05) is 6.61 Å². The Morgan fingerprint density at radius 2 is 2.31 bits per heavy atom. The van der Waals surface area contributed by atoms with Crippen LogP contribution in [0.1, 0.15) is 26.7 Å². The van der Waals surface area contributed by atoms with Crippen LogP contribution in [0.15, 0.2) is 0 Å². The van der Waals surface area contributed by atoms with Crippen molar-refractivity contribution in [3.05, 3.63) is 0 Å². The van der Waals surface area contributed by atoms with Crippen molar-refractivity contribution < 1.29 is 9.53 Å². The number of hydrogen-bond acceptors (Lipinski definition) is 2. The van der Waals surface area contributed by atoms with E-state index in [0.717, 1.165) is 19.4 Å². The Hall–Kier alpha value is -0.570. The van der Waals surface area contributed by atoms with E-state index in [1.807, 2.05) is 0 Å². The number of fused-ring (bicyclic) bond motifs is 2. The van der Waals surface area contributed by atoms with E-state index in [-0.39, 0.29) is 17.9 Å². The number of piperidine rings is 1. The van der Waals surface area contributed by atoms with Crippen molar-refractivity contribution in [2.45, 2.75) is 38.8 Å². The normalized spacial score (nSPS) is 37.2. The van der Waals surface area contributed by atoms with Gasteiger partial charge < -0.3 is 10.1 Å². The summed E-state index contributed by atoms with van der Waals surface area (Å²) >= 11 is 0. The van der Waals surface area contributed by atoms with E-state index in [2.05, 4.69) is 19.2 Å². The average molecular weight is 183 g/mol. The summed E-state index contributed by atoms with van der Waals surface area (Å²) in [5, 5.41) is 2.95. The molecule has 1 heterocycles. The summed E-state index contributed by atoms with van der Waals surface area (Å²) in [5.74, 6) is 0.899. The van der Waals surface area contributed by atoms with Crippen LogP contribution in [0.3, 0.4) is 0 Å². The summed E-state index contributed by atoms with van der Waals surface area (Å²) in [4.78, 5) is 11.3. The monoisotopic (exact) mass is 183 g/mol. The minimum Gasteiger partial charge on any atom is -0.377 e. The van der Waals surface area contributed by atoms with Crippen LogP contribution in [-0.4, -0.2) is 24.7 Å². The second kappa shape index (κ2) is 3.29. The van der Waals surface area contributed by atoms with Gasteiger partial charge in [-0.15, -0.1) is 0 Å². The van der Waals surface area contributed by atoms with Crippen LogP contribution >= 0.6 is 0 Å². The zero-order valence-electron chi connectivity index (χ0n) is 8.25. The number of amides is 1. The Morgan fingerprint density at radius 3 is 2.85 bits per heavy atom. The van der Waals surface area contributed by atoms with Crippen LogP contribution in [0.5, 0.6) is 0 Å². The second-order valence-corrected chi connectivity index (χ2v) is 4.55. The Morgan fingerprint density at radius 1 is 1.54 bits per heavy atom. The zero-order chi connectivity index (χ0) is 9.42. The highest BCUT2D eigenvalue weighted by molar-refractivity contribution is 5.83. The lowest BCUT2D eigenvalue weighted by Crippen LogP contribution is -2.39. The first-order chi connectivity index (χ1) is 6.16. The first kappa shape index (κ1) is 9.00. The third-order valence-corrected chi connectivity index (χ3v) is 2.83. The maximum Gasteiger partial charge on any atom is 0.226 e. The zero-order valence-corrected chi connectivity index (χ0v) is 8.25. The van der Waals surface area contributed by atoms with Gasteiger partial charge in [0.1, 0.15) is 0 Å². The molecule has 0 unspecified atom stereocenters. The van der Waals surface area contributed by atoms with Crippen LogP contribution in [0.4, 0.5) is 0 Å². The van der Waals surface area contributed by atoms with Crippen molar-refractivity contribution in [2.24, 2.45) is 11.8 Å². The molecule has 0 aromatic heterocycles. The van der Waals surface area contributed by atoms with Gasteiger partial charge in [-0.25, -0.2) is 0 Å². The van der Waals surface area contributed by atoms with Gasteiger partial charge in [-0.2, -0.15) is 0 Å². The maximum atomic E-state index is 11.3. The number of ether oxygens (including phenoxy) is 1. The summed E-state index contributed by atoms with van der Waals surface area (Å²) in [6, 6.07) is 0.398. The number of rotatable bonds is 3. The molecule has 1 N–H and O–H groups in total. The summed E-state index contributed by atoms with van der Waals surface area (Å²) < 4.78 is 5.71. The number of nitrogens with one attached hydrogen (secondary N) is 1. The predicted molar refractivity (Wildman–Crippen MR) is 49.2 cm³/mol. The molecule has 1 aliphatic heterocycles. The lowest BCUT2D eigenvalue weighted by molar-refractivity contribution is -0.129. The molecule has 0 radical (unpaired) electrons. The van der Waals surface area contributed by atoms with Gasteiger partial charge in [0, 0.05) is 12.6 Å². The van der Waals surface area contributed by atoms with Crippen LogP contribution in [0, 0.1) is 11.8 Å². The molecule has 1 amide bonds. The van der Waals surface area contributed by atoms with Gasteiger partial charge in [-0.1, -0.05) is 13.8 Å². The summed E-state index contributed by atoms with van der Waals surface area (Å²) in [6.45, 7) is 5.04. The molecule has 0 aromatic carbocycles. The van der Waals surface area contributed by atoms with Gasteiger partial charge in [0.15, 0.2) is 0 Å². The average Bonchev–Trinajstić information content (AvgIpc) is 2.58. The SMILES string of the molecule is CC(C)CO[C@@H]1C[C@@H]2C[C@H]1C(=O)N2. The fraction of sp³-hybridized carbons (Fsp3) is 0.900. The van der Waals surface area contributed by atoms with Crippen LogP contribution in [-0.2, 0) is 9.53 Å². The van der Waals surface area contributed by atoms with Crippen LogP contribution in [0.25, 0.3) is 0 Å². The molecule has 3 atom stereocenters. The highest BCUT2D eigenvalue weighted by Gasteiger charge is 2.46. The van der Waals surface area contributed by atoms with Gasteiger partial charge in [-0.05, 0) is 18.8 Å². The first-order valence-electron chi connectivity index (χ1n) is 5.09. The van der Waals surface area contributed by atoms with E-state index in [9.17, 15) is 4.79 Å². The maximum absolute atomic E-state index is 11.3.